The summed E-state index contributed by atoms with van der Waals surface area (Å²) < 4.78 is 53.6. The van der Waals surface area contributed by atoms with Gasteiger partial charge in [0.25, 0.3) is 0 Å². The molecule has 3 saturated heterocycles. The van der Waals surface area contributed by atoms with Gasteiger partial charge in [0.2, 0.25) is 0 Å². The van der Waals surface area contributed by atoms with Crippen LogP contribution in [0.1, 0.15) is 12.5 Å². The van der Waals surface area contributed by atoms with E-state index in [9.17, 15) is 14.9 Å². The largest absolute Gasteiger partial charge is 0.398 e. The molecule has 44 heavy (non-hydrogen) atoms. The number of aliphatic hydroxyl groups excluding tert-OH is 1. The molecule has 7 N–H and O–H groups in total. The number of pyridine rings is 1. The molecule has 0 spiro atoms. The van der Waals surface area contributed by atoms with E-state index in [0.717, 1.165) is 0 Å². The molecule has 10 atom stereocenters. The van der Waals surface area contributed by atoms with Crippen LogP contribution in [0.25, 0.3) is 22.1 Å². The first-order valence-corrected chi connectivity index (χ1v) is 18.3. The van der Waals surface area contributed by atoms with Crippen molar-refractivity contribution < 1.29 is 46.9 Å². The zero-order valence-corrected chi connectivity index (χ0v) is 25.8. The first-order valence-electron chi connectivity index (χ1n) is 13.1. The van der Waals surface area contributed by atoms with Gasteiger partial charge in [-0.3, -0.25) is 9.05 Å². The van der Waals surface area contributed by atoms with Crippen molar-refractivity contribution in [2.45, 2.75) is 49.1 Å². The molecule has 0 saturated carbocycles. The summed E-state index contributed by atoms with van der Waals surface area (Å²) in [5.41, 5.74) is 13.1. The number of rotatable bonds is 2. The molecule has 3 fully saturated rings. The van der Waals surface area contributed by atoms with Gasteiger partial charge in [-0.25, -0.2) is 19.3 Å². The standard InChI is InChI=1S/C23H26FN7O9P2S2/c24-15-17-14(38-22(15)30-5-2-10-12(25)1-4-27-20(10)30)8-36-42(34,44)40-18-16(32)13(7-35-41(33,43)39-17)37-23(18)31-6-3-11-19(26)28-9-29-21(11)31/h1-6,9,13-18,22-23,32H,7-8H2,(H2,25,27)(H,33,43)(H,34,44)(H2,26,28,29)/t13-,14-,15-,16-,17-,18-,22-,23-,41?,42?/m1/s1. The highest BCUT2D eigenvalue weighted by molar-refractivity contribution is 8.07. The minimum absolute atomic E-state index is 0.211. The third-order valence-corrected chi connectivity index (χ3v) is 10.8. The molecule has 0 amide bonds. The summed E-state index contributed by atoms with van der Waals surface area (Å²) >= 11 is 10.5. The van der Waals surface area contributed by atoms with Gasteiger partial charge in [-0.1, -0.05) is 0 Å². The highest BCUT2D eigenvalue weighted by Gasteiger charge is 2.53. The lowest BCUT2D eigenvalue weighted by atomic mass is 10.1. The van der Waals surface area contributed by atoms with E-state index in [0.29, 0.717) is 27.8 Å². The lowest BCUT2D eigenvalue weighted by Crippen LogP contribution is -2.35. The first kappa shape index (κ1) is 30.4. The van der Waals surface area contributed by atoms with Gasteiger partial charge in [0, 0.05) is 29.7 Å². The molecule has 2 unspecified atom stereocenters. The number of aliphatic hydroxyl groups is 1. The molecule has 16 nitrogen and oxygen atoms in total. The number of alkyl halides is 1. The summed E-state index contributed by atoms with van der Waals surface area (Å²) in [6.45, 7) is -9.36. The highest BCUT2D eigenvalue weighted by atomic mass is 32.5. The van der Waals surface area contributed by atoms with E-state index in [1.807, 2.05) is 0 Å². The third kappa shape index (κ3) is 5.35. The van der Waals surface area contributed by atoms with Gasteiger partial charge in [-0.2, -0.15) is 0 Å². The van der Waals surface area contributed by atoms with Crippen LogP contribution in [-0.4, -0.2) is 88.9 Å². The molecule has 4 aromatic rings. The second-order valence-corrected chi connectivity index (χ2v) is 15.9. The van der Waals surface area contributed by atoms with Crippen molar-refractivity contribution in [1.29, 1.82) is 0 Å². The van der Waals surface area contributed by atoms with Crippen LogP contribution >= 0.6 is 13.4 Å². The predicted octanol–water partition coefficient (Wildman–Crippen LogP) is 1.39. The summed E-state index contributed by atoms with van der Waals surface area (Å²) in [5, 5.41) is 12.2. The van der Waals surface area contributed by atoms with Crippen LogP contribution in [0.4, 0.5) is 15.9 Å². The lowest BCUT2D eigenvalue weighted by molar-refractivity contribution is -0.0600. The zero-order chi connectivity index (χ0) is 31.0. The van der Waals surface area contributed by atoms with E-state index in [4.69, 9.17) is 62.6 Å². The van der Waals surface area contributed by atoms with Gasteiger partial charge >= 0.3 is 13.4 Å². The molecule has 2 bridgehead atoms. The minimum atomic E-state index is -4.18. The Kier molecular flexibility index (Phi) is 7.77. The molecule has 0 radical (unpaired) electrons. The first-order chi connectivity index (χ1) is 20.9. The van der Waals surface area contributed by atoms with Crippen LogP contribution in [-0.2, 0) is 51.2 Å². The Morgan fingerprint density at radius 2 is 1.45 bits per heavy atom. The molecule has 21 heteroatoms. The molecule has 7 rings (SSSR count). The highest BCUT2D eigenvalue weighted by Crippen LogP contribution is 2.54. The number of halogens is 1. The average Bonchev–Trinajstić information content (AvgIpc) is 3.73. The summed E-state index contributed by atoms with van der Waals surface area (Å²) in [4.78, 5) is 34.6. The van der Waals surface area contributed by atoms with Gasteiger partial charge in [0.15, 0.2) is 18.6 Å². The van der Waals surface area contributed by atoms with E-state index in [1.54, 1.807) is 30.6 Å². The maximum atomic E-state index is 16.1. The Hall–Kier alpha value is -2.22. The van der Waals surface area contributed by atoms with Crippen LogP contribution < -0.4 is 11.5 Å². The third-order valence-electron chi connectivity index (χ3n) is 7.63. The SMILES string of the molecule is Nc1ccnc2c1ccn2[C@@H]1O[C@@H]2COP(O)(=S)O[C@@H]3[C@H](O)[C@@H](COP(O)(=S)O[C@H]2[C@H]1F)O[C@H]3n1ccc2c(N)ncnc21. The van der Waals surface area contributed by atoms with Crippen LogP contribution in [0.15, 0.2) is 43.1 Å². The zero-order valence-electron chi connectivity index (χ0n) is 22.3. The van der Waals surface area contributed by atoms with Gasteiger partial charge in [0.1, 0.15) is 54.0 Å². The van der Waals surface area contributed by atoms with Gasteiger partial charge in [-0.05, 0) is 41.8 Å². The van der Waals surface area contributed by atoms with E-state index in [2.05, 4.69) is 15.0 Å². The Labute approximate surface area is 258 Å². The van der Waals surface area contributed by atoms with E-state index >= 15 is 4.39 Å². The van der Waals surface area contributed by atoms with Crippen molar-refractivity contribution in [3.63, 3.8) is 0 Å². The normalized spacial score (nSPS) is 38.3. The van der Waals surface area contributed by atoms with Crippen LogP contribution in [0.2, 0.25) is 0 Å². The van der Waals surface area contributed by atoms with E-state index in [1.165, 1.54) is 21.7 Å². The maximum Gasteiger partial charge on any atom is 0.325 e. The maximum absolute atomic E-state index is 16.1. The number of hydrogen-bond donors (Lipinski definition) is 5. The molecule has 0 aromatic carbocycles. The number of hydrogen-bond acceptors (Lipinski definition) is 14. The van der Waals surface area contributed by atoms with E-state index in [-0.39, 0.29) is 5.82 Å². The fourth-order valence-electron chi connectivity index (χ4n) is 5.55. The van der Waals surface area contributed by atoms with Crippen molar-refractivity contribution in [3.8, 4) is 0 Å². The molecular formula is C23H26FN7O9P2S2. The van der Waals surface area contributed by atoms with Crippen LogP contribution in [0, 0.1) is 0 Å². The number of anilines is 2. The Bertz CT molecular complexity index is 1830. The van der Waals surface area contributed by atoms with Crippen molar-refractivity contribution >= 4 is 70.6 Å². The fraction of sp³-hybridized carbons (Fsp3) is 0.435. The second-order valence-electron chi connectivity index (χ2n) is 10.3. The number of fused-ring (bicyclic) bond motifs is 5. The fourth-order valence-corrected chi connectivity index (χ4v) is 8.40. The van der Waals surface area contributed by atoms with Gasteiger partial charge < -0.3 is 54.0 Å². The number of nitrogen functional groups attached to an aromatic ring is 2. The molecule has 0 aliphatic carbocycles. The topological polar surface area (TPSA) is 217 Å². The predicted molar refractivity (Wildman–Crippen MR) is 159 cm³/mol. The molecule has 7 heterocycles. The summed E-state index contributed by atoms with van der Waals surface area (Å²) in [6, 6.07) is 4.91. The summed E-state index contributed by atoms with van der Waals surface area (Å²) in [7, 11) is 0. The second kappa shape index (κ2) is 11.2. The van der Waals surface area contributed by atoms with E-state index < -0.39 is 75.8 Å². The Balaban J connectivity index is 1.20. The summed E-state index contributed by atoms with van der Waals surface area (Å²) in [5.74, 6) is 0.211. The van der Waals surface area contributed by atoms with Crippen LogP contribution in [0.3, 0.4) is 0 Å². The molecule has 3 aliphatic heterocycles. The van der Waals surface area contributed by atoms with Crippen molar-refractivity contribution in [2.75, 3.05) is 24.7 Å². The number of nitrogens with two attached hydrogens (primary N) is 2. The Morgan fingerprint density at radius 3 is 2.20 bits per heavy atom. The van der Waals surface area contributed by atoms with Crippen molar-refractivity contribution in [2.24, 2.45) is 0 Å². The lowest BCUT2D eigenvalue weighted by Gasteiger charge is -2.28. The van der Waals surface area contributed by atoms with Gasteiger partial charge in [-0.15, -0.1) is 0 Å². The molecule has 3 aliphatic rings. The monoisotopic (exact) mass is 689 g/mol. The number of aromatic nitrogens is 5. The minimum Gasteiger partial charge on any atom is -0.398 e. The quantitative estimate of drug-likeness (QED) is 0.188. The Morgan fingerprint density at radius 1 is 0.841 bits per heavy atom. The average molecular weight is 690 g/mol. The number of nitrogens with zero attached hydrogens (tertiary/aromatic N) is 5. The van der Waals surface area contributed by atoms with Crippen molar-refractivity contribution in [1.82, 2.24) is 24.1 Å². The smallest absolute Gasteiger partial charge is 0.325 e. The van der Waals surface area contributed by atoms with Gasteiger partial charge in [0.05, 0.1) is 18.6 Å². The number of ether oxygens (including phenoxy) is 2. The summed E-state index contributed by atoms with van der Waals surface area (Å²) in [6.07, 6.45) is -5.15. The van der Waals surface area contributed by atoms with Crippen molar-refractivity contribution in [3.05, 3.63) is 43.1 Å². The molecular weight excluding hydrogens is 663 g/mol. The van der Waals surface area contributed by atoms with Crippen LogP contribution in [0.5, 0.6) is 0 Å². The molecule has 236 valence electrons. The molecule has 4 aromatic heterocycles.